The minimum Gasteiger partial charge on any atom is -0.486 e. The summed E-state index contributed by atoms with van der Waals surface area (Å²) in [4.78, 5) is 11.1. The van der Waals surface area contributed by atoms with E-state index < -0.39 is 5.82 Å². The topological polar surface area (TPSA) is 97.6 Å². The lowest BCUT2D eigenvalue weighted by molar-refractivity contribution is 0.0500. The maximum Gasteiger partial charge on any atom is 0.229 e. The lowest BCUT2D eigenvalue weighted by Crippen LogP contribution is -2.55. The summed E-state index contributed by atoms with van der Waals surface area (Å²) in [6.45, 7) is 7.00. The van der Waals surface area contributed by atoms with E-state index in [9.17, 15) is 4.39 Å². The molecule has 3 fully saturated rings. The second-order valence-electron chi connectivity index (χ2n) is 9.95. The van der Waals surface area contributed by atoms with E-state index in [2.05, 4.69) is 39.3 Å². The Morgan fingerprint density at radius 1 is 1.30 bits per heavy atom. The molecule has 0 aliphatic carbocycles. The average Bonchev–Trinajstić information content (AvgIpc) is 3.44. The zero-order chi connectivity index (χ0) is 23.0. The Balaban J connectivity index is 1.26. The van der Waals surface area contributed by atoms with Crippen LogP contribution in [0.25, 0.3) is 0 Å². The van der Waals surface area contributed by atoms with Gasteiger partial charge in [0.25, 0.3) is 0 Å². The van der Waals surface area contributed by atoms with Gasteiger partial charge in [0.1, 0.15) is 11.9 Å². The molecule has 0 saturated carbocycles. The van der Waals surface area contributed by atoms with Crippen LogP contribution in [0.4, 0.5) is 27.5 Å². The normalized spacial score (nSPS) is 26.7. The quantitative estimate of drug-likeness (QED) is 0.563. The van der Waals surface area contributed by atoms with E-state index in [-0.39, 0.29) is 23.5 Å². The van der Waals surface area contributed by atoms with Crippen molar-refractivity contribution < 1.29 is 13.9 Å². The van der Waals surface area contributed by atoms with Gasteiger partial charge in [-0.05, 0) is 64.3 Å². The van der Waals surface area contributed by atoms with Gasteiger partial charge in [0.2, 0.25) is 5.95 Å². The Labute approximate surface area is 194 Å². The smallest absolute Gasteiger partial charge is 0.229 e. The minimum atomic E-state index is -0.450. The summed E-state index contributed by atoms with van der Waals surface area (Å²) in [5, 5.41) is 6.48. The van der Waals surface area contributed by atoms with E-state index in [4.69, 9.17) is 15.2 Å². The summed E-state index contributed by atoms with van der Waals surface area (Å²) in [6, 6.07) is 6.15. The molecule has 178 valence electrons. The number of fused-ring (bicyclic) bond motifs is 1. The molecule has 1 aromatic heterocycles. The number of nitrogens with zero attached hydrogens (tertiary/aromatic N) is 3. The average molecular weight is 457 g/mol. The zero-order valence-corrected chi connectivity index (χ0v) is 19.3. The Morgan fingerprint density at radius 3 is 2.97 bits per heavy atom. The molecule has 4 N–H and O–H groups in total. The van der Waals surface area contributed by atoms with E-state index in [1.54, 1.807) is 6.07 Å². The van der Waals surface area contributed by atoms with E-state index in [1.165, 1.54) is 19.0 Å². The highest BCUT2D eigenvalue weighted by atomic mass is 19.1. The molecule has 0 radical (unpaired) electrons. The molecule has 1 aromatic carbocycles. The Bertz CT molecular complexity index is 997. The van der Waals surface area contributed by atoms with Gasteiger partial charge in [-0.25, -0.2) is 9.37 Å². The van der Waals surface area contributed by atoms with Crippen LogP contribution in [0.2, 0.25) is 0 Å². The van der Waals surface area contributed by atoms with Crippen LogP contribution >= 0.6 is 0 Å². The summed E-state index contributed by atoms with van der Waals surface area (Å²) in [7, 11) is 0. The Hall–Kier alpha value is -2.65. The van der Waals surface area contributed by atoms with Gasteiger partial charge >= 0.3 is 0 Å². The van der Waals surface area contributed by atoms with Gasteiger partial charge in [0, 0.05) is 29.7 Å². The number of anilines is 4. The summed E-state index contributed by atoms with van der Waals surface area (Å²) in [5.74, 6) is 0.719. The van der Waals surface area contributed by atoms with E-state index >= 15 is 0 Å². The summed E-state index contributed by atoms with van der Waals surface area (Å²) >= 11 is 0. The minimum absolute atomic E-state index is 0.0289. The first-order valence-corrected chi connectivity index (χ1v) is 11.8. The molecule has 0 spiro atoms. The van der Waals surface area contributed by atoms with Gasteiger partial charge in [-0.3, -0.25) is 4.90 Å². The molecule has 2 unspecified atom stereocenters. The first-order valence-electron chi connectivity index (χ1n) is 11.8. The van der Waals surface area contributed by atoms with Gasteiger partial charge in [0.15, 0.2) is 11.6 Å². The molecule has 8 nitrogen and oxygen atoms in total. The number of nitrogens with two attached hydrogens (primary N) is 1. The first-order chi connectivity index (χ1) is 15.9. The second kappa shape index (κ2) is 8.95. The largest absolute Gasteiger partial charge is 0.486 e. The summed E-state index contributed by atoms with van der Waals surface area (Å²) in [6.07, 6.45) is 6.47. The predicted molar refractivity (Wildman–Crippen MR) is 126 cm³/mol. The molecule has 5 rings (SSSR count). The molecule has 9 heteroatoms. The molecule has 0 bridgehead atoms. The third kappa shape index (κ3) is 4.84. The number of aromatic nitrogens is 2. The van der Waals surface area contributed by atoms with Crippen LogP contribution in [0.5, 0.6) is 5.75 Å². The van der Waals surface area contributed by atoms with Crippen molar-refractivity contribution in [3.8, 4) is 5.75 Å². The molecular weight excluding hydrogens is 423 g/mol. The lowest BCUT2D eigenvalue weighted by Gasteiger charge is -2.47. The highest BCUT2D eigenvalue weighted by Crippen LogP contribution is 2.38. The van der Waals surface area contributed by atoms with Crippen molar-refractivity contribution in [3.63, 3.8) is 0 Å². The maximum atomic E-state index is 14.6. The number of piperidine rings is 1. The highest BCUT2D eigenvalue weighted by molar-refractivity contribution is 5.65. The van der Waals surface area contributed by atoms with Gasteiger partial charge in [-0.15, -0.1) is 0 Å². The van der Waals surface area contributed by atoms with Gasteiger partial charge in [-0.2, -0.15) is 4.98 Å². The maximum absolute atomic E-state index is 14.6. The standard InChI is InChI=1S/C24H33FN6O2/c1-24(2)12-16(10-17-4-3-8-31(17)24)28-22-19(25)13-27-23(30-22)29-15-5-6-21(20(26)11-15)33-18-7-9-32-14-18/h5-6,11,13,16-18H,3-4,7-10,12,14,26H2,1-2H3,(H2,27,28,29,30)/t16?,17?,18-/m1/s1. The van der Waals surface area contributed by atoms with Gasteiger partial charge in [0.05, 0.1) is 25.1 Å². The summed E-state index contributed by atoms with van der Waals surface area (Å²) in [5.41, 5.74) is 7.49. The molecule has 33 heavy (non-hydrogen) atoms. The van der Waals surface area contributed by atoms with Crippen molar-refractivity contribution in [2.75, 3.05) is 36.1 Å². The lowest BCUT2D eigenvalue weighted by atomic mass is 9.84. The van der Waals surface area contributed by atoms with Crippen LogP contribution in [0, 0.1) is 5.82 Å². The number of nitrogen functional groups attached to an aromatic ring is 1. The molecule has 3 atom stereocenters. The number of halogens is 1. The predicted octanol–water partition coefficient (Wildman–Crippen LogP) is 3.93. The third-order valence-electron chi connectivity index (χ3n) is 6.99. The molecule has 3 aliphatic rings. The van der Waals surface area contributed by atoms with Crippen LogP contribution < -0.4 is 21.1 Å². The molecule has 2 aromatic rings. The Kier molecular flexibility index (Phi) is 6.01. The molecule has 0 amide bonds. The number of hydrogen-bond acceptors (Lipinski definition) is 8. The van der Waals surface area contributed by atoms with Gasteiger partial charge in [-0.1, -0.05) is 0 Å². The van der Waals surface area contributed by atoms with Crippen LogP contribution in [0.3, 0.4) is 0 Å². The molecular formula is C24H33FN6O2. The fraction of sp³-hybridized carbons (Fsp3) is 0.583. The van der Waals surface area contributed by atoms with Crippen molar-refractivity contribution in [3.05, 3.63) is 30.2 Å². The molecule has 3 aliphatic heterocycles. The number of benzene rings is 1. The van der Waals surface area contributed by atoms with E-state index in [0.717, 1.165) is 25.8 Å². The van der Waals surface area contributed by atoms with E-state index in [0.29, 0.717) is 42.3 Å². The van der Waals surface area contributed by atoms with Crippen LogP contribution in [-0.4, -0.2) is 58.4 Å². The highest BCUT2D eigenvalue weighted by Gasteiger charge is 2.43. The fourth-order valence-electron chi connectivity index (χ4n) is 5.49. The van der Waals surface area contributed by atoms with Crippen LogP contribution in [0.15, 0.2) is 24.4 Å². The Morgan fingerprint density at radius 2 is 2.18 bits per heavy atom. The number of ether oxygens (including phenoxy) is 2. The molecule has 4 heterocycles. The third-order valence-corrected chi connectivity index (χ3v) is 6.99. The molecule has 3 saturated heterocycles. The van der Waals surface area contributed by atoms with Crippen molar-refractivity contribution in [1.29, 1.82) is 0 Å². The van der Waals surface area contributed by atoms with Gasteiger partial charge < -0.3 is 25.8 Å². The van der Waals surface area contributed by atoms with Crippen LogP contribution in [-0.2, 0) is 4.74 Å². The first kappa shape index (κ1) is 22.2. The SMILES string of the molecule is CC1(C)CC(Nc2nc(Nc3ccc(O[C@@H]4CCOC4)c(N)c3)ncc2F)CC2CCCN21. The van der Waals surface area contributed by atoms with Crippen molar-refractivity contribution >= 4 is 23.1 Å². The monoisotopic (exact) mass is 456 g/mol. The van der Waals surface area contributed by atoms with Crippen LogP contribution in [0.1, 0.15) is 46.0 Å². The number of rotatable bonds is 6. The van der Waals surface area contributed by atoms with Crippen molar-refractivity contribution in [2.45, 2.75) is 69.7 Å². The number of nitrogens with one attached hydrogen (secondary N) is 2. The zero-order valence-electron chi connectivity index (χ0n) is 19.3. The fourth-order valence-corrected chi connectivity index (χ4v) is 5.49. The summed E-state index contributed by atoms with van der Waals surface area (Å²) < 4.78 is 25.8. The second-order valence-corrected chi connectivity index (χ2v) is 9.95. The van der Waals surface area contributed by atoms with Crippen molar-refractivity contribution in [1.82, 2.24) is 14.9 Å². The van der Waals surface area contributed by atoms with E-state index in [1.807, 2.05) is 12.1 Å². The van der Waals surface area contributed by atoms with Crippen molar-refractivity contribution in [2.24, 2.45) is 0 Å². The number of hydrogen-bond donors (Lipinski definition) is 3.